The van der Waals surface area contributed by atoms with Crippen molar-refractivity contribution < 1.29 is 29.3 Å². The van der Waals surface area contributed by atoms with Crippen LogP contribution in [0.3, 0.4) is 0 Å². The molecule has 14 heteroatoms. The number of nitrogens with zero attached hydrogens (tertiary/aromatic N) is 6. The lowest BCUT2D eigenvalue weighted by Crippen LogP contribution is -2.42. The summed E-state index contributed by atoms with van der Waals surface area (Å²) < 4.78 is 12.8. The molecule has 40 heavy (non-hydrogen) atoms. The maximum absolute atomic E-state index is 12.5. The van der Waals surface area contributed by atoms with E-state index in [1.54, 1.807) is 11.8 Å². The normalized spacial score (nSPS) is 27.5. The fourth-order valence-electron chi connectivity index (χ4n) is 5.36. The van der Waals surface area contributed by atoms with Gasteiger partial charge in [-0.15, -0.1) is 0 Å². The molecule has 3 aliphatic heterocycles. The van der Waals surface area contributed by atoms with E-state index in [4.69, 9.17) is 15.2 Å². The first-order valence-electron chi connectivity index (χ1n) is 13.7. The molecule has 0 bridgehead atoms. The lowest BCUT2D eigenvalue weighted by atomic mass is 9.94. The van der Waals surface area contributed by atoms with Crippen LogP contribution in [0.1, 0.15) is 44.7 Å². The molecule has 5 N–H and O–H groups in total. The number of ether oxygens (including phenoxy) is 2. The molecule has 0 saturated carbocycles. The molecule has 5 heterocycles. The predicted octanol–water partition coefficient (Wildman–Crippen LogP) is -0.542. The summed E-state index contributed by atoms with van der Waals surface area (Å²) in [7, 11) is 2.02. The third kappa shape index (κ3) is 5.83. The highest BCUT2D eigenvalue weighted by Crippen LogP contribution is 2.32. The average molecular weight is 557 g/mol. The number of hydrogen-bond donors (Lipinski definition) is 4. The lowest BCUT2D eigenvalue weighted by Gasteiger charge is -2.31. The molecule has 3 saturated heterocycles. The van der Waals surface area contributed by atoms with Gasteiger partial charge < -0.3 is 40.5 Å². The second-order valence-electron chi connectivity index (χ2n) is 10.6. The Morgan fingerprint density at radius 1 is 1.20 bits per heavy atom. The van der Waals surface area contributed by atoms with Gasteiger partial charge in [-0.1, -0.05) is 5.92 Å². The van der Waals surface area contributed by atoms with Crippen molar-refractivity contribution in [3.05, 3.63) is 12.2 Å². The smallest absolute Gasteiger partial charge is 0.410 e. The van der Waals surface area contributed by atoms with Crippen LogP contribution in [0.15, 0.2) is 6.33 Å². The minimum absolute atomic E-state index is 0.0299. The zero-order chi connectivity index (χ0) is 28.4. The second-order valence-corrected chi connectivity index (χ2v) is 10.6. The van der Waals surface area contributed by atoms with E-state index in [0.717, 1.165) is 32.4 Å². The van der Waals surface area contributed by atoms with Crippen LogP contribution in [0.5, 0.6) is 0 Å². The van der Waals surface area contributed by atoms with Gasteiger partial charge in [0.05, 0.1) is 6.33 Å². The van der Waals surface area contributed by atoms with Crippen molar-refractivity contribution in [1.29, 1.82) is 0 Å². The van der Waals surface area contributed by atoms with Gasteiger partial charge in [0.1, 0.15) is 23.8 Å². The van der Waals surface area contributed by atoms with Gasteiger partial charge >= 0.3 is 6.09 Å². The first kappa shape index (κ1) is 28.0. The maximum Gasteiger partial charge on any atom is 0.410 e. The van der Waals surface area contributed by atoms with E-state index in [1.165, 1.54) is 10.9 Å². The number of likely N-dealkylation sites (N-methyl/N-ethyl adjacent to an activating group) is 2. The number of likely N-dealkylation sites (tertiary alicyclic amines) is 2. The number of amides is 2. The Hall–Kier alpha value is -3.51. The van der Waals surface area contributed by atoms with Crippen molar-refractivity contribution in [3.63, 3.8) is 0 Å². The SMILES string of the molecule is CCNC(=O)C1OC(n2cnc3c(N)nc(C#CCC4CCN(C(=O)OC5CCN(C)C5)CC4)nc32)C(O)C1O. The number of aliphatic hydroxyl groups excluding tert-OH is 2. The fourth-order valence-corrected chi connectivity index (χ4v) is 5.36. The first-order valence-corrected chi connectivity index (χ1v) is 13.7. The number of carbonyl (C=O) groups excluding carboxylic acids is 2. The summed E-state index contributed by atoms with van der Waals surface area (Å²) in [5, 5.41) is 23.6. The van der Waals surface area contributed by atoms with Gasteiger partial charge in [-0.2, -0.15) is 0 Å². The minimum Gasteiger partial charge on any atom is -0.445 e. The number of aromatic nitrogens is 4. The molecule has 5 rings (SSSR count). The zero-order valence-electron chi connectivity index (χ0n) is 22.7. The Bertz CT molecular complexity index is 1300. The molecule has 0 radical (unpaired) electrons. The number of piperidine rings is 1. The van der Waals surface area contributed by atoms with Crippen LogP contribution in [-0.4, -0.2) is 116 Å². The number of nitrogens with one attached hydrogen (secondary N) is 1. The Kier molecular flexibility index (Phi) is 8.36. The van der Waals surface area contributed by atoms with E-state index in [0.29, 0.717) is 37.5 Å². The molecule has 216 valence electrons. The van der Waals surface area contributed by atoms with E-state index in [2.05, 4.69) is 37.0 Å². The van der Waals surface area contributed by atoms with Crippen molar-refractivity contribution in [2.75, 3.05) is 45.5 Å². The number of carbonyl (C=O) groups is 2. The summed E-state index contributed by atoms with van der Waals surface area (Å²) in [6, 6.07) is 0. The number of aliphatic hydroxyl groups is 2. The number of fused-ring (bicyclic) bond motifs is 1. The van der Waals surface area contributed by atoms with Crippen molar-refractivity contribution in [2.45, 2.75) is 63.3 Å². The minimum atomic E-state index is -1.43. The number of nitrogen functional groups attached to an aromatic ring is 1. The van der Waals surface area contributed by atoms with Gasteiger partial charge in [-0.3, -0.25) is 9.36 Å². The summed E-state index contributed by atoms with van der Waals surface area (Å²) in [4.78, 5) is 41.6. The van der Waals surface area contributed by atoms with Gasteiger partial charge in [0.2, 0.25) is 5.82 Å². The van der Waals surface area contributed by atoms with E-state index in [9.17, 15) is 19.8 Å². The Labute approximate surface area is 231 Å². The molecule has 3 aliphatic rings. The van der Waals surface area contributed by atoms with Crippen LogP contribution in [0.25, 0.3) is 11.2 Å². The summed E-state index contributed by atoms with van der Waals surface area (Å²) in [5.41, 5.74) is 6.67. The maximum atomic E-state index is 12.5. The highest BCUT2D eigenvalue weighted by atomic mass is 16.6. The monoisotopic (exact) mass is 556 g/mol. The molecule has 0 aliphatic carbocycles. The molecule has 14 nitrogen and oxygen atoms in total. The second kappa shape index (κ2) is 11.9. The molecule has 2 aromatic rings. The van der Waals surface area contributed by atoms with Crippen LogP contribution in [0, 0.1) is 17.8 Å². The molecule has 0 spiro atoms. The first-order chi connectivity index (χ1) is 19.2. The van der Waals surface area contributed by atoms with E-state index >= 15 is 0 Å². The average Bonchev–Trinajstić information content (AvgIpc) is 3.62. The highest BCUT2D eigenvalue weighted by Gasteiger charge is 2.47. The van der Waals surface area contributed by atoms with Crippen LogP contribution in [0.2, 0.25) is 0 Å². The Morgan fingerprint density at radius 3 is 2.67 bits per heavy atom. The van der Waals surface area contributed by atoms with Crippen LogP contribution < -0.4 is 11.1 Å². The molecule has 5 atom stereocenters. The van der Waals surface area contributed by atoms with Gasteiger partial charge in [0, 0.05) is 39.1 Å². The van der Waals surface area contributed by atoms with E-state index < -0.39 is 30.4 Å². The van der Waals surface area contributed by atoms with Gasteiger partial charge in [0.15, 0.2) is 23.8 Å². The number of anilines is 1. The number of nitrogens with two attached hydrogens (primary N) is 1. The summed E-state index contributed by atoms with van der Waals surface area (Å²) in [6.07, 6.45) is -0.909. The highest BCUT2D eigenvalue weighted by molar-refractivity contribution is 5.83. The molecular weight excluding hydrogens is 520 g/mol. The summed E-state index contributed by atoms with van der Waals surface area (Å²) in [6.45, 7) is 5.10. The zero-order valence-corrected chi connectivity index (χ0v) is 22.7. The van der Waals surface area contributed by atoms with Crippen molar-refractivity contribution in [3.8, 4) is 11.8 Å². The van der Waals surface area contributed by atoms with E-state index in [1.807, 2.05) is 7.05 Å². The molecule has 2 aromatic heterocycles. The molecular formula is C26H36N8O6. The molecule has 2 amide bonds. The topological polar surface area (TPSA) is 181 Å². The predicted molar refractivity (Wildman–Crippen MR) is 143 cm³/mol. The van der Waals surface area contributed by atoms with Crippen molar-refractivity contribution >= 4 is 29.0 Å². The number of imidazole rings is 1. The number of hydrogen-bond acceptors (Lipinski definition) is 11. The van der Waals surface area contributed by atoms with Crippen molar-refractivity contribution in [1.82, 2.24) is 34.6 Å². The quantitative estimate of drug-likeness (QED) is 0.347. The van der Waals surface area contributed by atoms with Gasteiger partial charge in [0.25, 0.3) is 5.91 Å². The van der Waals surface area contributed by atoms with Crippen LogP contribution in [-0.2, 0) is 14.3 Å². The standard InChI is InChI=1S/C26H36N8O6/c1-3-28-24(37)21-19(35)20(36)25(40-21)34-14-29-18-22(27)30-17(31-23(18)34)6-4-5-15-7-11-33(12-8-15)26(38)39-16-9-10-32(2)13-16/h14-16,19-21,25,35-36H,3,5,7-13H2,1-2H3,(H,28,37)(H2,27,30,31). The van der Waals surface area contributed by atoms with Crippen LogP contribution in [0.4, 0.5) is 10.6 Å². The molecule has 3 fully saturated rings. The van der Waals surface area contributed by atoms with E-state index in [-0.39, 0.29) is 29.5 Å². The van der Waals surface area contributed by atoms with Gasteiger partial charge in [-0.05, 0) is 45.1 Å². The van der Waals surface area contributed by atoms with Gasteiger partial charge in [-0.25, -0.2) is 19.7 Å². The third-order valence-electron chi connectivity index (χ3n) is 7.65. The summed E-state index contributed by atoms with van der Waals surface area (Å²) in [5.74, 6) is 6.20. The van der Waals surface area contributed by atoms with Crippen molar-refractivity contribution in [2.24, 2.45) is 5.92 Å². The largest absolute Gasteiger partial charge is 0.445 e. The Morgan fingerprint density at radius 2 is 1.98 bits per heavy atom. The fraction of sp³-hybridized carbons (Fsp3) is 0.654. The molecule has 5 unspecified atom stereocenters. The summed E-state index contributed by atoms with van der Waals surface area (Å²) >= 11 is 0. The third-order valence-corrected chi connectivity index (χ3v) is 7.65. The Balaban J connectivity index is 1.21. The molecule has 0 aromatic carbocycles. The van der Waals surface area contributed by atoms with Crippen LogP contribution >= 0.6 is 0 Å². The lowest BCUT2D eigenvalue weighted by molar-refractivity contribution is -0.137. The number of rotatable bonds is 5.